The van der Waals surface area contributed by atoms with Crippen LogP contribution in [0.5, 0.6) is 0 Å². The Hall–Kier alpha value is -1.80. The van der Waals surface area contributed by atoms with Crippen LogP contribution in [0, 0.1) is 0 Å². The molecule has 8 heteroatoms. The van der Waals surface area contributed by atoms with Gasteiger partial charge in [-0.25, -0.2) is 0 Å². The van der Waals surface area contributed by atoms with Crippen LogP contribution in [0.25, 0.3) is 0 Å². The van der Waals surface area contributed by atoms with Crippen molar-refractivity contribution < 1.29 is 17.9 Å². The summed E-state index contributed by atoms with van der Waals surface area (Å²) in [6, 6.07) is 5.99. The minimum absolute atomic E-state index is 0.00395. The van der Waals surface area contributed by atoms with Gasteiger partial charge in [-0.05, 0) is 50.2 Å². The van der Waals surface area contributed by atoms with E-state index in [9.17, 15) is 13.2 Å². The van der Waals surface area contributed by atoms with Gasteiger partial charge in [0.25, 0.3) is 0 Å². The van der Waals surface area contributed by atoms with Crippen molar-refractivity contribution in [1.29, 1.82) is 0 Å². The van der Waals surface area contributed by atoms with E-state index in [2.05, 4.69) is 20.5 Å². The average molecular weight is 443 g/mol. The number of rotatable bonds is 10. The zero-order valence-corrected chi connectivity index (χ0v) is 19.0. The van der Waals surface area contributed by atoms with Crippen LogP contribution >= 0.6 is 0 Å². The van der Waals surface area contributed by atoms with Crippen molar-refractivity contribution in [2.45, 2.75) is 57.7 Å². The maximum atomic E-state index is 13.0. The highest BCUT2D eigenvalue weighted by Crippen LogP contribution is 2.31. The Morgan fingerprint density at radius 1 is 1.29 bits per heavy atom. The topological polar surface area (TPSA) is 48.9 Å². The molecule has 5 nitrogen and oxygen atoms in total. The number of methoxy groups -OCH3 is 1. The third-order valence-corrected chi connectivity index (χ3v) is 5.71. The third-order valence-electron chi connectivity index (χ3n) is 5.71. The number of nitrogens with one attached hydrogen (secondary N) is 2. The first-order chi connectivity index (χ1) is 14.8. The maximum absolute atomic E-state index is 13.0. The molecule has 0 amide bonds. The number of nitrogens with zero attached hydrogens (tertiary/aromatic N) is 2. The molecular weight excluding hydrogens is 405 g/mol. The van der Waals surface area contributed by atoms with Gasteiger partial charge in [0.05, 0.1) is 5.56 Å². The summed E-state index contributed by atoms with van der Waals surface area (Å²) in [4.78, 5) is 7.14. The molecule has 1 aliphatic heterocycles. The lowest BCUT2D eigenvalue weighted by Crippen LogP contribution is -2.48. The Kier molecular flexibility index (Phi) is 10.6. The SMILES string of the molecule is CCNC(=NCCC(C)c1cccc(C(F)(F)F)c1)NC1CCN(CCCOC)CC1. The first-order valence-corrected chi connectivity index (χ1v) is 11.3. The number of alkyl halides is 3. The molecule has 0 radical (unpaired) electrons. The number of halogens is 3. The number of benzene rings is 1. The van der Waals surface area contributed by atoms with Gasteiger partial charge >= 0.3 is 6.18 Å². The van der Waals surface area contributed by atoms with Crippen LogP contribution in [0.3, 0.4) is 0 Å². The van der Waals surface area contributed by atoms with Crippen molar-refractivity contribution in [1.82, 2.24) is 15.5 Å². The molecule has 0 bridgehead atoms. The molecule has 1 unspecified atom stereocenters. The number of aliphatic imine (C=N–C) groups is 1. The number of likely N-dealkylation sites (tertiary alicyclic amines) is 1. The van der Waals surface area contributed by atoms with Gasteiger partial charge in [0.2, 0.25) is 0 Å². The van der Waals surface area contributed by atoms with Crippen LogP contribution in [-0.4, -0.2) is 63.3 Å². The fourth-order valence-corrected chi connectivity index (χ4v) is 3.80. The average Bonchev–Trinajstić information content (AvgIpc) is 2.74. The fourth-order valence-electron chi connectivity index (χ4n) is 3.80. The highest BCUT2D eigenvalue weighted by atomic mass is 19.4. The quantitative estimate of drug-likeness (QED) is 0.323. The van der Waals surface area contributed by atoms with Gasteiger partial charge in [0.1, 0.15) is 0 Å². The molecule has 1 heterocycles. The van der Waals surface area contributed by atoms with Crippen LogP contribution in [-0.2, 0) is 10.9 Å². The second-order valence-corrected chi connectivity index (χ2v) is 8.18. The number of hydrogen-bond acceptors (Lipinski definition) is 3. The molecule has 0 aliphatic carbocycles. The first-order valence-electron chi connectivity index (χ1n) is 11.3. The largest absolute Gasteiger partial charge is 0.416 e. The summed E-state index contributed by atoms with van der Waals surface area (Å²) in [6.45, 7) is 9.30. The molecule has 1 aromatic rings. The summed E-state index contributed by atoms with van der Waals surface area (Å²) < 4.78 is 44.0. The number of guanidine groups is 1. The van der Waals surface area contributed by atoms with Gasteiger partial charge in [-0.1, -0.05) is 25.1 Å². The van der Waals surface area contributed by atoms with Crippen molar-refractivity contribution in [2.75, 3.05) is 46.4 Å². The number of hydrogen-bond donors (Lipinski definition) is 2. The zero-order valence-electron chi connectivity index (χ0n) is 19.0. The van der Waals surface area contributed by atoms with Crippen molar-refractivity contribution in [3.05, 3.63) is 35.4 Å². The first kappa shape index (κ1) is 25.5. The summed E-state index contributed by atoms with van der Waals surface area (Å²) in [5.74, 6) is 0.792. The number of piperidine rings is 1. The molecule has 31 heavy (non-hydrogen) atoms. The lowest BCUT2D eigenvalue weighted by molar-refractivity contribution is -0.137. The van der Waals surface area contributed by atoms with Crippen molar-refractivity contribution in [3.63, 3.8) is 0 Å². The van der Waals surface area contributed by atoms with Gasteiger partial charge in [0, 0.05) is 52.5 Å². The van der Waals surface area contributed by atoms with E-state index in [4.69, 9.17) is 4.74 Å². The molecule has 0 saturated carbocycles. The Bertz CT molecular complexity index is 673. The number of ether oxygens (including phenoxy) is 1. The van der Waals surface area contributed by atoms with Crippen LogP contribution in [0.1, 0.15) is 56.6 Å². The molecule has 1 atom stereocenters. The van der Waals surface area contributed by atoms with Crippen LogP contribution in [0.4, 0.5) is 13.2 Å². The predicted octanol–water partition coefficient (Wildman–Crippen LogP) is 4.26. The minimum atomic E-state index is -4.31. The molecule has 1 fully saturated rings. The summed E-state index contributed by atoms with van der Waals surface area (Å²) >= 11 is 0. The van der Waals surface area contributed by atoms with Gasteiger partial charge < -0.3 is 20.3 Å². The van der Waals surface area contributed by atoms with Crippen LogP contribution < -0.4 is 10.6 Å². The van der Waals surface area contributed by atoms with E-state index < -0.39 is 11.7 Å². The van der Waals surface area contributed by atoms with Crippen LogP contribution in [0.15, 0.2) is 29.3 Å². The van der Waals surface area contributed by atoms with Crippen molar-refractivity contribution in [2.24, 2.45) is 4.99 Å². The van der Waals surface area contributed by atoms with E-state index in [1.54, 1.807) is 13.2 Å². The van der Waals surface area contributed by atoms with Gasteiger partial charge in [-0.3, -0.25) is 4.99 Å². The molecule has 0 aromatic heterocycles. The molecule has 1 saturated heterocycles. The lowest BCUT2D eigenvalue weighted by Gasteiger charge is -2.33. The molecule has 1 aliphatic rings. The molecular formula is C23H37F3N4O. The van der Waals surface area contributed by atoms with Gasteiger partial charge in [-0.2, -0.15) is 13.2 Å². The Morgan fingerprint density at radius 3 is 2.68 bits per heavy atom. The minimum Gasteiger partial charge on any atom is -0.385 e. The Balaban J connectivity index is 1.82. The predicted molar refractivity (Wildman–Crippen MR) is 120 cm³/mol. The Morgan fingerprint density at radius 2 is 2.03 bits per heavy atom. The van der Waals surface area contributed by atoms with E-state index in [1.165, 1.54) is 12.1 Å². The maximum Gasteiger partial charge on any atom is 0.416 e. The Labute approximate surface area is 184 Å². The van der Waals surface area contributed by atoms with E-state index >= 15 is 0 Å². The highest BCUT2D eigenvalue weighted by molar-refractivity contribution is 5.80. The van der Waals surface area contributed by atoms with E-state index in [0.29, 0.717) is 24.6 Å². The highest BCUT2D eigenvalue weighted by Gasteiger charge is 2.30. The summed E-state index contributed by atoms with van der Waals surface area (Å²) in [5.41, 5.74) is 0.104. The summed E-state index contributed by atoms with van der Waals surface area (Å²) in [6.07, 6.45) is -0.427. The summed E-state index contributed by atoms with van der Waals surface area (Å²) in [7, 11) is 1.73. The fraction of sp³-hybridized carbons (Fsp3) is 0.696. The lowest BCUT2D eigenvalue weighted by atomic mass is 9.96. The standard InChI is InChI=1S/C23H37F3N4O/c1-4-27-22(29-21-10-14-30(15-11-21)13-6-16-31-3)28-12-9-18(2)19-7-5-8-20(17-19)23(24,25)26/h5,7-8,17-18,21H,4,6,9-16H2,1-3H3,(H2,27,28,29). The summed E-state index contributed by atoms with van der Waals surface area (Å²) in [5, 5.41) is 6.81. The smallest absolute Gasteiger partial charge is 0.385 e. The molecule has 2 rings (SSSR count). The third kappa shape index (κ3) is 9.07. The molecule has 0 spiro atoms. The molecule has 1 aromatic carbocycles. The monoisotopic (exact) mass is 442 g/mol. The van der Waals surface area contributed by atoms with E-state index in [0.717, 1.165) is 64.1 Å². The van der Waals surface area contributed by atoms with E-state index in [-0.39, 0.29) is 5.92 Å². The van der Waals surface area contributed by atoms with Crippen molar-refractivity contribution >= 4 is 5.96 Å². The van der Waals surface area contributed by atoms with Crippen LogP contribution in [0.2, 0.25) is 0 Å². The molecule has 176 valence electrons. The molecule has 2 N–H and O–H groups in total. The zero-order chi connectivity index (χ0) is 22.7. The van der Waals surface area contributed by atoms with Crippen molar-refractivity contribution in [3.8, 4) is 0 Å². The second-order valence-electron chi connectivity index (χ2n) is 8.18. The van der Waals surface area contributed by atoms with Gasteiger partial charge in [0.15, 0.2) is 5.96 Å². The normalized spacial score (nSPS) is 17.5. The second kappa shape index (κ2) is 12.9. The van der Waals surface area contributed by atoms with E-state index in [1.807, 2.05) is 13.8 Å². The van der Waals surface area contributed by atoms with Gasteiger partial charge in [-0.15, -0.1) is 0 Å².